The van der Waals surface area contributed by atoms with E-state index in [2.05, 4.69) is 63.5 Å². The lowest BCUT2D eigenvalue weighted by molar-refractivity contribution is 0.996. The minimum Gasteiger partial charge on any atom is -0.0644 e. The van der Waals surface area contributed by atoms with E-state index in [9.17, 15) is 0 Å². The molecule has 1 aromatic rings. The second kappa shape index (κ2) is 4.77. The largest absolute Gasteiger partial charge is 0.187 e. The zero-order valence-corrected chi connectivity index (χ0v) is 14.4. The summed E-state index contributed by atoms with van der Waals surface area (Å²) in [6.45, 7) is 12.3. The van der Waals surface area contributed by atoms with Crippen LogP contribution in [-0.2, 0) is 0 Å². The molecule has 96 valence electrons. The Morgan fingerprint density at radius 1 is 0.889 bits per heavy atom. The molecule has 0 aromatic heterocycles. The van der Waals surface area contributed by atoms with Gasteiger partial charge in [0.15, 0.2) is 5.56 Å². The number of benzene rings is 1. The van der Waals surface area contributed by atoms with Crippen molar-refractivity contribution in [3.63, 3.8) is 0 Å². The first-order valence-corrected chi connectivity index (χ1v) is 13.4. The van der Waals surface area contributed by atoms with Crippen LogP contribution in [0.3, 0.4) is 0 Å². The topological polar surface area (TPSA) is 0 Å². The Labute approximate surface area is 114 Å². The van der Waals surface area contributed by atoms with Gasteiger partial charge in [-0.2, -0.15) is 0 Å². The van der Waals surface area contributed by atoms with Crippen LogP contribution >= 0.6 is 0 Å². The molecule has 1 aliphatic heterocycles. The predicted octanol–water partition coefficient (Wildman–Crippen LogP) is 4.97. The van der Waals surface area contributed by atoms with E-state index in [0.717, 1.165) is 0 Å². The zero-order valence-electron chi connectivity index (χ0n) is 12.4. The monoisotopic (exact) mass is 273 g/mol. The van der Waals surface area contributed by atoms with Gasteiger partial charge in [0.2, 0.25) is 0 Å². The Bertz CT molecular complexity index is 434. The predicted molar refractivity (Wildman–Crippen MR) is 86.2 cm³/mol. The van der Waals surface area contributed by atoms with E-state index in [1.54, 1.807) is 4.82 Å². The highest BCUT2D eigenvalue weighted by atomic mass is 28.4. The van der Waals surface area contributed by atoms with Crippen molar-refractivity contribution >= 4 is 16.1 Å². The average molecular weight is 274 g/mol. The summed E-state index contributed by atoms with van der Waals surface area (Å²) >= 11 is 0. The highest BCUT2D eigenvalue weighted by Crippen LogP contribution is 2.39. The molecular formula is C16H25Si2+. The third-order valence-electron chi connectivity index (χ3n) is 4.28. The molecular weight excluding hydrogens is 248 g/mol. The lowest BCUT2D eigenvalue weighted by Gasteiger charge is -2.38. The van der Waals surface area contributed by atoms with Crippen LogP contribution in [0, 0.1) is 13.0 Å². The van der Waals surface area contributed by atoms with E-state index >= 15 is 0 Å². The van der Waals surface area contributed by atoms with E-state index in [1.165, 1.54) is 29.6 Å². The van der Waals surface area contributed by atoms with Gasteiger partial charge in [0, 0.05) is 10.9 Å². The molecule has 0 bridgehead atoms. The Morgan fingerprint density at radius 3 is 1.89 bits per heavy atom. The second-order valence-electron chi connectivity index (χ2n) is 6.99. The minimum atomic E-state index is -1.18. The summed E-state index contributed by atoms with van der Waals surface area (Å²) in [5.74, 6) is 0. The summed E-state index contributed by atoms with van der Waals surface area (Å²) in [7, 11) is -2.37. The number of hydrogen-bond donors (Lipinski definition) is 0. The molecule has 18 heavy (non-hydrogen) atoms. The molecule has 1 aromatic carbocycles. The number of aryl methyl sites for hydroxylation is 1. The van der Waals surface area contributed by atoms with Crippen LogP contribution in [0.1, 0.15) is 17.5 Å². The van der Waals surface area contributed by atoms with Gasteiger partial charge in [0.25, 0.3) is 0 Å². The van der Waals surface area contributed by atoms with Crippen LogP contribution in [0.2, 0.25) is 38.3 Å². The summed E-state index contributed by atoms with van der Waals surface area (Å²) < 4.78 is 0. The van der Waals surface area contributed by atoms with Crippen molar-refractivity contribution in [3.05, 3.63) is 46.3 Å². The third kappa shape index (κ3) is 2.82. The van der Waals surface area contributed by atoms with Crippen LogP contribution in [0.4, 0.5) is 0 Å². The van der Waals surface area contributed by atoms with Gasteiger partial charge in [-0.1, -0.05) is 44.7 Å². The van der Waals surface area contributed by atoms with Gasteiger partial charge in [0.05, 0.1) is 28.3 Å². The molecule has 0 atom stereocenters. The fourth-order valence-electron chi connectivity index (χ4n) is 3.26. The summed E-state index contributed by atoms with van der Waals surface area (Å²) in [6.07, 6.45) is 5.28. The van der Waals surface area contributed by atoms with E-state index in [1.807, 2.05) is 0 Å². The van der Waals surface area contributed by atoms with Crippen molar-refractivity contribution in [2.24, 2.45) is 0 Å². The zero-order chi connectivity index (χ0) is 13.4. The van der Waals surface area contributed by atoms with Crippen LogP contribution in [-0.4, -0.2) is 16.1 Å². The average Bonchev–Trinajstić information content (AvgIpc) is 2.25. The molecule has 0 amide bonds. The van der Waals surface area contributed by atoms with Gasteiger partial charge in [-0.15, -0.1) is 0 Å². The minimum absolute atomic E-state index is 1.18. The van der Waals surface area contributed by atoms with Gasteiger partial charge < -0.3 is 0 Å². The number of rotatable bonds is 1. The van der Waals surface area contributed by atoms with Gasteiger partial charge in [0.1, 0.15) is 0 Å². The lowest BCUT2D eigenvalue weighted by atomic mass is 10.1. The first kappa shape index (κ1) is 13.7. The SMILES string of the molecule is Cc1ccc([C+]=C2[Si](C)(C)CCC[Si]2(C)C)cc1. The summed E-state index contributed by atoms with van der Waals surface area (Å²) in [5, 5.41) is 0. The van der Waals surface area contributed by atoms with Crippen LogP contribution in [0.15, 0.2) is 29.1 Å². The van der Waals surface area contributed by atoms with E-state index in [0.29, 0.717) is 0 Å². The Kier molecular flexibility index (Phi) is 3.64. The van der Waals surface area contributed by atoms with Crippen LogP contribution in [0.25, 0.3) is 0 Å². The molecule has 0 radical (unpaired) electrons. The Morgan fingerprint density at radius 2 is 1.39 bits per heavy atom. The molecule has 0 spiro atoms. The summed E-state index contributed by atoms with van der Waals surface area (Å²) in [5.41, 5.74) is 2.63. The maximum absolute atomic E-state index is 3.83. The molecule has 0 saturated carbocycles. The van der Waals surface area contributed by atoms with Crippen LogP contribution in [0.5, 0.6) is 0 Å². The molecule has 0 nitrogen and oxygen atoms in total. The van der Waals surface area contributed by atoms with Crippen molar-refractivity contribution in [2.75, 3.05) is 0 Å². The fourth-order valence-corrected chi connectivity index (χ4v) is 15.3. The van der Waals surface area contributed by atoms with Gasteiger partial charge in [-0.05, 0) is 24.6 Å². The summed E-state index contributed by atoms with van der Waals surface area (Å²) in [6, 6.07) is 11.8. The molecule has 0 N–H and O–H groups in total. The second-order valence-corrected chi connectivity index (χ2v) is 17.0. The van der Waals surface area contributed by atoms with Crippen molar-refractivity contribution in [2.45, 2.75) is 51.6 Å². The molecule has 2 rings (SSSR count). The van der Waals surface area contributed by atoms with Crippen molar-refractivity contribution in [1.29, 1.82) is 0 Å². The maximum atomic E-state index is 3.83. The highest BCUT2D eigenvalue weighted by molar-refractivity contribution is 7.06. The van der Waals surface area contributed by atoms with Gasteiger partial charge in [-0.3, -0.25) is 0 Å². The van der Waals surface area contributed by atoms with Crippen molar-refractivity contribution < 1.29 is 0 Å². The third-order valence-corrected chi connectivity index (χ3v) is 14.5. The fraction of sp³-hybridized carbons (Fsp3) is 0.500. The molecule has 1 fully saturated rings. The quantitative estimate of drug-likeness (QED) is 0.500. The summed E-state index contributed by atoms with van der Waals surface area (Å²) in [4.78, 5) is 1.77. The normalized spacial score (nSPS) is 21.5. The van der Waals surface area contributed by atoms with E-state index < -0.39 is 16.1 Å². The smallest absolute Gasteiger partial charge is 0.0644 e. The lowest BCUT2D eigenvalue weighted by Crippen LogP contribution is -2.48. The Hall–Kier alpha value is -0.696. The number of hydrogen-bond acceptors (Lipinski definition) is 0. The van der Waals surface area contributed by atoms with Gasteiger partial charge >= 0.3 is 0 Å². The Balaban J connectivity index is 2.41. The van der Waals surface area contributed by atoms with Crippen LogP contribution < -0.4 is 0 Å². The molecule has 1 heterocycles. The molecule has 0 aliphatic carbocycles. The van der Waals surface area contributed by atoms with Crippen molar-refractivity contribution in [1.82, 2.24) is 0 Å². The molecule has 1 saturated heterocycles. The first-order chi connectivity index (χ1) is 8.31. The molecule has 1 aliphatic rings. The van der Waals surface area contributed by atoms with Gasteiger partial charge in [-0.25, -0.2) is 0 Å². The maximum Gasteiger partial charge on any atom is 0.187 e. The first-order valence-electron chi connectivity index (χ1n) is 7.03. The highest BCUT2D eigenvalue weighted by Gasteiger charge is 2.44. The van der Waals surface area contributed by atoms with Crippen molar-refractivity contribution in [3.8, 4) is 0 Å². The standard InChI is InChI=1S/C16H25Si2/c1-14-7-9-15(10-8-14)13-16-17(2,3)11-6-12-18(16,4)5/h7-10H,6,11-12H2,1-5H3/q+1. The van der Waals surface area contributed by atoms with E-state index in [4.69, 9.17) is 0 Å². The molecule has 2 heteroatoms. The molecule has 0 unspecified atom stereocenters. The van der Waals surface area contributed by atoms with E-state index in [-0.39, 0.29) is 0 Å².